The van der Waals surface area contributed by atoms with Crippen LogP contribution in [0.2, 0.25) is 0 Å². The number of para-hydroxylation sites is 2. The quantitative estimate of drug-likeness (QED) is 0.654. The second-order valence-electron chi connectivity index (χ2n) is 2.73. The van der Waals surface area contributed by atoms with Crippen LogP contribution >= 0.6 is 0 Å². The van der Waals surface area contributed by atoms with Crippen molar-refractivity contribution in [3.05, 3.63) is 60.7 Å². The van der Waals surface area contributed by atoms with Gasteiger partial charge in [0.2, 0.25) is 0 Å². The van der Waals surface area contributed by atoms with Crippen molar-refractivity contribution in [1.82, 2.24) is 0 Å². The topological polar surface area (TPSA) is 9.23 Å². The molecule has 1 nitrogen and oxygen atoms in total. The molecule has 2 aromatic rings. The normalized spacial score (nSPS) is 8.86. The monoisotopic (exact) mass is 209 g/mol. The van der Waals surface area contributed by atoms with Gasteiger partial charge in [-0.3, -0.25) is 0 Å². The van der Waals surface area contributed by atoms with E-state index in [4.69, 9.17) is 4.74 Å². The fourth-order valence-electron chi connectivity index (χ4n) is 1.11. The van der Waals surface area contributed by atoms with Gasteiger partial charge < -0.3 is 4.74 Å². The van der Waals surface area contributed by atoms with E-state index in [9.17, 15) is 0 Å². The van der Waals surface area contributed by atoms with E-state index in [1.807, 2.05) is 60.7 Å². The molecule has 0 aliphatic rings. The average Bonchev–Trinajstić information content (AvgIpc) is 2.21. The van der Waals surface area contributed by atoms with Crippen LogP contribution in [0.4, 0.5) is 0 Å². The first-order chi connectivity index (χ1) is 6.45. The molecule has 0 aromatic heterocycles. The Morgan fingerprint density at radius 1 is 0.571 bits per heavy atom. The van der Waals surface area contributed by atoms with Crippen LogP contribution in [0.3, 0.4) is 0 Å². The van der Waals surface area contributed by atoms with Gasteiger partial charge in [0.15, 0.2) is 0 Å². The fourth-order valence-corrected chi connectivity index (χ4v) is 1.11. The van der Waals surface area contributed by atoms with E-state index < -0.39 is 0 Å². The molecule has 0 aliphatic carbocycles. The van der Waals surface area contributed by atoms with Crippen LogP contribution in [0.25, 0.3) is 0 Å². The van der Waals surface area contributed by atoms with Gasteiger partial charge in [0.05, 0.1) is 0 Å². The largest absolute Gasteiger partial charge is 1.00 e. The summed E-state index contributed by atoms with van der Waals surface area (Å²) < 4.78 is 5.58. The summed E-state index contributed by atoms with van der Waals surface area (Å²) in [5, 5.41) is 0. The van der Waals surface area contributed by atoms with Crippen molar-refractivity contribution in [2.45, 2.75) is 0 Å². The summed E-state index contributed by atoms with van der Waals surface area (Å²) in [6.45, 7) is 0. The predicted octanol–water partition coefficient (Wildman–Crippen LogP) is 0.483. The number of ether oxygens (including phenoxy) is 1. The first-order valence-corrected chi connectivity index (χ1v) is 4.23. The van der Waals surface area contributed by atoms with Crippen molar-refractivity contribution in [3.8, 4) is 11.5 Å². The Labute approximate surface area is 127 Å². The molecule has 64 valence electrons. The van der Waals surface area contributed by atoms with Crippen molar-refractivity contribution in [2.24, 2.45) is 0 Å². The van der Waals surface area contributed by atoms with E-state index in [0.717, 1.165) is 11.5 Å². The van der Waals surface area contributed by atoms with Crippen LogP contribution in [0.1, 0.15) is 0 Å². The van der Waals surface area contributed by atoms with Crippen LogP contribution < -0.4 is 56.1 Å². The Balaban J connectivity index is 0.000000980. The minimum absolute atomic E-state index is 0. The van der Waals surface area contributed by atoms with Gasteiger partial charge in [-0.25, -0.2) is 0 Å². The zero-order chi connectivity index (χ0) is 8.93. The van der Waals surface area contributed by atoms with Gasteiger partial charge in [-0.2, -0.15) is 0 Å². The van der Waals surface area contributed by atoms with Crippen molar-refractivity contribution >= 4 is 0 Å². The van der Waals surface area contributed by atoms with Crippen LogP contribution in [0.15, 0.2) is 60.7 Å². The molecule has 14 heavy (non-hydrogen) atoms. The summed E-state index contributed by atoms with van der Waals surface area (Å²) in [6.07, 6.45) is 0. The van der Waals surface area contributed by atoms with Gasteiger partial charge >= 0.3 is 51.4 Å². The third-order valence-electron chi connectivity index (χ3n) is 1.72. The van der Waals surface area contributed by atoms with Gasteiger partial charge in [-0.1, -0.05) is 36.4 Å². The molecule has 0 atom stereocenters. The maximum absolute atomic E-state index is 5.58. The Kier molecular flexibility index (Phi) is 5.44. The molecule has 2 rings (SSSR count). The van der Waals surface area contributed by atoms with Crippen LogP contribution in [-0.2, 0) is 0 Å². The molecular weight excluding hydrogens is 199 g/mol. The molecule has 0 amide bonds. The first kappa shape index (κ1) is 11.9. The molecule has 0 saturated carbocycles. The molecule has 0 unspecified atom stereocenters. The molecule has 0 N–H and O–H groups in total. The molecule has 0 saturated heterocycles. The summed E-state index contributed by atoms with van der Waals surface area (Å²) in [5.74, 6) is 1.74. The molecule has 2 heteroatoms. The molecule has 2 aromatic carbocycles. The Morgan fingerprint density at radius 2 is 0.929 bits per heavy atom. The summed E-state index contributed by atoms with van der Waals surface area (Å²) in [7, 11) is 0. The maximum atomic E-state index is 5.58. The smallest absolute Gasteiger partial charge is 0.457 e. The van der Waals surface area contributed by atoms with Crippen molar-refractivity contribution in [1.29, 1.82) is 0 Å². The van der Waals surface area contributed by atoms with Gasteiger partial charge in [-0.15, -0.1) is 0 Å². The minimum Gasteiger partial charge on any atom is -0.457 e. The second-order valence-corrected chi connectivity index (χ2v) is 2.73. The summed E-state index contributed by atoms with van der Waals surface area (Å²) in [6, 6.07) is 19.5. The van der Waals surface area contributed by atoms with E-state index in [2.05, 4.69) is 0 Å². The predicted molar refractivity (Wildman–Crippen MR) is 53.0 cm³/mol. The first-order valence-electron chi connectivity index (χ1n) is 4.23. The fraction of sp³-hybridized carbons (Fsp3) is 0. The number of rotatable bonds is 2. The standard InChI is InChI=1S/C12H10O.K/c1-3-7-11(8-4-1)13-12-9-5-2-6-10-12;/h1-10H;/q;+1. The van der Waals surface area contributed by atoms with E-state index in [1.165, 1.54) is 0 Å². The van der Waals surface area contributed by atoms with E-state index >= 15 is 0 Å². The number of hydrogen-bond donors (Lipinski definition) is 0. The van der Waals surface area contributed by atoms with Gasteiger partial charge in [0.1, 0.15) is 11.5 Å². The third kappa shape index (κ3) is 3.56. The number of hydrogen-bond acceptors (Lipinski definition) is 1. The summed E-state index contributed by atoms with van der Waals surface area (Å²) in [4.78, 5) is 0. The average molecular weight is 209 g/mol. The molecule has 0 fully saturated rings. The Hall–Kier alpha value is -0.124. The molecule has 0 bridgehead atoms. The molecule has 0 spiro atoms. The Morgan fingerprint density at radius 3 is 1.29 bits per heavy atom. The second kappa shape index (κ2) is 6.38. The molecule has 0 heterocycles. The van der Waals surface area contributed by atoms with Crippen molar-refractivity contribution < 1.29 is 56.1 Å². The molecule has 0 radical (unpaired) electrons. The number of benzene rings is 2. The van der Waals surface area contributed by atoms with Gasteiger partial charge in [-0.05, 0) is 24.3 Å². The van der Waals surface area contributed by atoms with Crippen LogP contribution in [0, 0.1) is 0 Å². The summed E-state index contributed by atoms with van der Waals surface area (Å²) >= 11 is 0. The van der Waals surface area contributed by atoms with Crippen molar-refractivity contribution in [2.75, 3.05) is 0 Å². The summed E-state index contributed by atoms with van der Waals surface area (Å²) in [5.41, 5.74) is 0. The van der Waals surface area contributed by atoms with E-state index in [-0.39, 0.29) is 51.4 Å². The van der Waals surface area contributed by atoms with Crippen LogP contribution in [-0.4, -0.2) is 0 Å². The van der Waals surface area contributed by atoms with Gasteiger partial charge in [0.25, 0.3) is 0 Å². The molecular formula is C12H10KO+. The van der Waals surface area contributed by atoms with E-state index in [1.54, 1.807) is 0 Å². The van der Waals surface area contributed by atoms with Crippen LogP contribution in [0.5, 0.6) is 11.5 Å². The zero-order valence-electron chi connectivity index (χ0n) is 8.18. The SMILES string of the molecule is [K+].c1ccc(Oc2ccccc2)cc1. The minimum atomic E-state index is 0. The van der Waals surface area contributed by atoms with Crippen molar-refractivity contribution in [3.63, 3.8) is 0 Å². The Bertz CT molecular complexity index is 321. The molecule has 0 aliphatic heterocycles. The third-order valence-corrected chi connectivity index (χ3v) is 1.72. The van der Waals surface area contributed by atoms with Gasteiger partial charge in [0, 0.05) is 0 Å². The zero-order valence-corrected chi connectivity index (χ0v) is 11.3. The maximum Gasteiger partial charge on any atom is 1.00 e. The van der Waals surface area contributed by atoms with E-state index in [0.29, 0.717) is 0 Å².